The van der Waals surface area contributed by atoms with Crippen molar-refractivity contribution < 1.29 is 9.90 Å². The highest BCUT2D eigenvalue weighted by molar-refractivity contribution is 5.97. The van der Waals surface area contributed by atoms with Crippen molar-refractivity contribution in [3.8, 4) is 5.75 Å². The van der Waals surface area contributed by atoms with Gasteiger partial charge in [-0.15, -0.1) is 0 Å². The van der Waals surface area contributed by atoms with Gasteiger partial charge in [-0.3, -0.25) is 4.79 Å². The van der Waals surface area contributed by atoms with E-state index in [4.69, 9.17) is 5.73 Å². The predicted octanol–water partition coefficient (Wildman–Crippen LogP) is 2.47. The molecule has 0 bridgehead atoms. The van der Waals surface area contributed by atoms with E-state index in [0.29, 0.717) is 5.92 Å². The van der Waals surface area contributed by atoms with Gasteiger partial charge in [0.25, 0.3) is 5.91 Å². The van der Waals surface area contributed by atoms with Crippen molar-refractivity contribution in [2.75, 3.05) is 0 Å². The molecule has 0 radical (unpaired) electrons. The van der Waals surface area contributed by atoms with Gasteiger partial charge in [-0.2, -0.15) is 0 Å². The highest BCUT2D eigenvalue weighted by Crippen LogP contribution is 2.22. The molecule has 0 heterocycles. The number of rotatable bonds is 5. The van der Waals surface area contributed by atoms with E-state index in [0.717, 1.165) is 24.8 Å². The molecule has 3 heteroatoms. The monoisotopic (exact) mass is 221 g/mol. The summed E-state index contributed by atoms with van der Waals surface area (Å²) >= 11 is 0. The summed E-state index contributed by atoms with van der Waals surface area (Å²) in [5.41, 5.74) is 6.36. The molecule has 0 atom stereocenters. The molecule has 0 fully saturated rings. The van der Waals surface area contributed by atoms with E-state index in [1.54, 1.807) is 6.07 Å². The van der Waals surface area contributed by atoms with Gasteiger partial charge in [0.2, 0.25) is 0 Å². The minimum absolute atomic E-state index is 0.0189. The molecule has 0 aliphatic carbocycles. The first-order valence-electron chi connectivity index (χ1n) is 5.63. The number of phenols is 1. The molecule has 0 saturated heterocycles. The molecule has 1 aromatic rings. The zero-order chi connectivity index (χ0) is 12.1. The van der Waals surface area contributed by atoms with Gasteiger partial charge in [0, 0.05) is 0 Å². The van der Waals surface area contributed by atoms with Gasteiger partial charge in [-0.25, -0.2) is 0 Å². The van der Waals surface area contributed by atoms with Crippen molar-refractivity contribution >= 4 is 5.91 Å². The lowest BCUT2D eigenvalue weighted by molar-refractivity contribution is 0.0997. The van der Waals surface area contributed by atoms with Crippen LogP contribution in [0.15, 0.2) is 18.2 Å². The van der Waals surface area contributed by atoms with E-state index in [1.165, 1.54) is 6.07 Å². The zero-order valence-electron chi connectivity index (χ0n) is 9.86. The summed E-state index contributed by atoms with van der Waals surface area (Å²) in [4.78, 5) is 11.2. The third kappa shape index (κ3) is 3.26. The molecule has 88 valence electrons. The van der Waals surface area contributed by atoms with Crippen LogP contribution in [0.3, 0.4) is 0 Å². The molecular weight excluding hydrogens is 202 g/mol. The summed E-state index contributed by atoms with van der Waals surface area (Å²) in [5.74, 6) is 0.0709. The Labute approximate surface area is 96.3 Å². The van der Waals surface area contributed by atoms with E-state index < -0.39 is 5.91 Å². The molecule has 1 aromatic carbocycles. The maximum absolute atomic E-state index is 11.2. The van der Waals surface area contributed by atoms with Crippen LogP contribution in [0.5, 0.6) is 5.75 Å². The molecule has 0 unspecified atom stereocenters. The molecule has 0 aromatic heterocycles. The Kier molecular flexibility index (Phi) is 4.35. The Hall–Kier alpha value is -1.51. The van der Waals surface area contributed by atoms with Gasteiger partial charge in [-0.05, 0) is 30.4 Å². The summed E-state index contributed by atoms with van der Waals surface area (Å²) in [7, 11) is 0. The standard InChI is InChI=1S/C13H19NO2/c1-9(2)5-3-6-10-7-4-8-11(15)12(10)13(14)16/h4,7-9,15H,3,5-6H2,1-2H3,(H2,14,16). The Bertz CT molecular complexity index is 372. The Morgan fingerprint density at radius 2 is 2.12 bits per heavy atom. The van der Waals surface area contributed by atoms with Gasteiger partial charge >= 0.3 is 0 Å². The Balaban J connectivity index is 2.79. The maximum atomic E-state index is 11.2. The van der Waals surface area contributed by atoms with Gasteiger partial charge in [-0.1, -0.05) is 32.4 Å². The van der Waals surface area contributed by atoms with Crippen LogP contribution >= 0.6 is 0 Å². The number of aromatic hydroxyl groups is 1. The first-order valence-corrected chi connectivity index (χ1v) is 5.63. The van der Waals surface area contributed by atoms with Gasteiger partial charge < -0.3 is 10.8 Å². The number of amides is 1. The van der Waals surface area contributed by atoms with Crippen LogP contribution in [0.2, 0.25) is 0 Å². The van der Waals surface area contributed by atoms with Gasteiger partial charge in [0.1, 0.15) is 5.75 Å². The summed E-state index contributed by atoms with van der Waals surface area (Å²) < 4.78 is 0. The van der Waals surface area contributed by atoms with Gasteiger partial charge in [0.15, 0.2) is 0 Å². The molecule has 3 N–H and O–H groups in total. The molecular formula is C13H19NO2. The van der Waals surface area contributed by atoms with Crippen LogP contribution in [-0.4, -0.2) is 11.0 Å². The maximum Gasteiger partial charge on any atom is 0.252 e. The number of nitrogens with two attached hydrogens (primary N) is 1. The van der Waals surface area contributed by atoms with Crippen LogP contribution < -0.4 is 5.73 Å². The summed E-state index contributed by atoms with van der Waals surface area (Å²) in [6.07, 6.45) is 2.89. The average molecular weight is 221 g/mol. The van der Waals surface area contributed by atoms with Crippen LogP contribution in [-0.2, 0) is 6.42 Å². The van der Waals surface area contributed by atoms with E-state index in [2.05, 4.69) is 13.8 Å². The Morgan fingerprint density at radius 1 is 1.44 bits per heavy atom. The molecule has 1 rings (SSSR count). The third-order valence-corrected chi connectivity index (χ3v) is 2.60. The van der Waals surface area contributed by atoms with E-state index in [1.807, 2.05) is 6.07 Å². The number of aryl methyl sites for hydroxylation is 1. The number of primary amides is 1. The van der Waals surface area contributed by atoms with Crippen molar-refractivity contribution in [2.24, 2.45) is 11.7 Å². The number of hydrogen-bond donors (Lipinski definition) is 2. The number of carbonyl (C=O) groups is 1. The quantitative estimate of drug-likeness (QED) is 0.802. The van der Waals surface area contributed by atoms with Crippen molar-refractivity contribution in [3.05, 3.63) is 29.3 Å². The fraction of sp³-hybridized carbons (Fsp3) is 0.462. The lowest BCUT2D eigenvalue weighted by Gasteiger charge is -2.09. The lowest BCUT2D eigenvalue weighted by Crippen LogP contribution is -2.14. The zero-order valence-corrected chi connectivity index (χ0v) is 9.86. The first-order chi connectivity index (χ1) is 7.52. The van der Waals surface area contributed by atoms with Crippen LogP contribution in [0.25, 0.3) is 0 Å². The molecule has 0 aliphatic heterocycles. The lowest BCUT2D eigenvalue weighted by atomic mass is 9.98. The second kappa shape index (κ2) is 5.54. The summed E-state index contributed by atoms with van der Waals surface area (Å²) in [6, 6.07) is 5.08. The van der Waals surface area contributed by atoms with E-state index >= 15 is 0 Å². The minimum atomic E-state index is -0.558. The topological polar surface area (TPSA) is 63.3 Å². The van der Waals surface area contributed by atoms with E-state index in [9.17, 15) is 9.90 Å². The van der Waals surface area contributed by atoms with Crippen LogP contribution in [0, 0.1) is 5.92 Å². The predicted molar refractivity (Wildman–Crippen MR) is 64.4 cm³/mol. The van der Waals surface area contributed by atoms with Gasteiger partial charge in [0.05, 0.1) is 5.56 Å². The van der Waals surface area contributed by atoms with Crippen LogP contribution in [0.4, 0.5) is 0 Å². The number of benzene rings is 1. The molecule has 0 spiro atoms. The number of hydrogen-bond acceptors (Lipinski definition) is 2. The average Bonchev–Trinajstić information content (AvgIpc) is 2.16. The second-order valence-corrected chi connectivity index (χ2v) is 4.46. The molecule has 16 heavy (non-hydrogen) atoms. The molecule has 3 nitrogen and oxygen atoms in total. The number of carbonyl (C=O) groups excluding carboxylic acids is 1. The Morgan fingerprint density at radius 3 is 2.69 bits per heavy atom. The largest absolute Gasteiger partial charge is 0.507 e. The highest BCUT2D eigenvalue weighted by atomic mass is 16.3. The van der Waals surface area contributed by atoms with E-state index in [-0.39, 0.29) is 11.3 Å². The highest BCUT2D eigenvalue weighted by Gasteiger charge is 2.12. The smallest absolute Gasteiger partial charge is 0.252 e. The normalized spacial score (nSPS) is 10.7. The first kappa shape index (κ1) is 12.6. The SMILES string of the molecule is CC(C)CCCc1cccc(O)c1C(N)=O. The fourth-order valence-corrected chi connectivity index (χ4v) is 1.78. The van der Waals surface area contributed by atoms with Crippen molar-refractivity contribution in [3.63, 3.8) is 0 Å². The minimum Gasteiger partial charge on any atom is -0.507 e. The molecule has 0 aliphatic rings. The van der Waals surface area contributed by atoms with Crippen molar-refractivity contribution in [2.45, 2.75) is 33.1 Å². The molecule has 1 amide bonds. The van der Waals surface area contributed by atoms with Crippen LogP contribution in [0.1, 0.15) is 42.6 Å². The second-order valence-electron chi connectivity index (χ2n) is 4.46. The fourth-order valence-electron chi connectivity index (χ4n) is 1.78. The van der Waals surface area contributed by atoms with Crippen molar-refractivity contribution in [1.29, 1.82) is 0 Å². The summed E-state index contributed by atoms with van der Waals surface area (Å²) in [5, 5.41) is 9.57. The summed E-state index contributed by atoms with van der Waals surface area (Å²) in [6.45, 7) is 4.33. The third-order valence-electron chi connectivity index (χ3n) is 2.60. The molecule has 0 saturated carbocycles. The van der Waals surface area contributed by atoms with Crippen molar-refractivity contribution in [1.82, 2.24) is 0 Å².